The van der Waals surface area contributed by atoms with Crippen LogP contribution in [0.3, 0.4) is 0 Å². The summed E-state index contributed by atoms with van der Waals surface area (Å²) >= 11 is 0. The van der Waals surface area contributed by atoms with Crippen molar-refractivity contribution >= 4 is 11.6 Å². The zero-order chi connectivity index (χ0) is 9.84. The molecule has 0 aliphatic rings. The minimum absolute atomic E-state index is 0.409. The Morgan fingerprint density at radius 3 is 2.77 bits per heavy atom. The highest BCUT2D eigenvalue weighted by molar-refractivity contribution is 5.99. The van der Waals surface area contributed by atoms with Gasteiger partial charge in [0.1, 0.15) is 0 Å². The van der Waals surface area contributed by atoms with E-state index < -0.39 is 5.91 Å². The topological polar surface area (TPSA) is 55.1 Å². The summed E-state index contributed by atoms with van der Waals surface area (Å²) in [5.74, 6) is -0.409. The maximum Gasteiger partial charge on any atom is 0.250 e. The molecule has 1 rings (SSSR count). The molecule has 0 unspecified atom stereocenters. The van der Waals surface area contributed by atoms with Crippen LogP contribution in [0.1, 0.15) is 22.8 Å². The van der Waals surface area contributed by atoms with Gasteiger partial charge in [-0.25, -0.2) is 0 Å². The molecule has 69 valence electrons. The van der Waals surface area contributed by atoms with E-state index in [0.29, 0.717) is 5.56 Å². The van der Waals surface area contributed by atoms with Crippen molar-refractivity contribution < 1.29 is 4.79 Å². The molecule has 1 amide bonds. The fourth-order valence-electron chi connectivity index (χ4n) is 1.21. The highest BCUT2D eigenvalue weighted by Gasteiger charge is 2.08. The molecule has 0 saturated carbocycles. The Morgan fingerprint density at radius 1 is 1.54 bits per heavy atom. The van der Waals surface area contributed by atoms with Crippen molar-refractivity contribution in [3.8, 4) is 0 Å². The minimum atomic E-state index is -0.409. The van der Waals surface area contributed by atoms with E-state index in [0.717, 1.165) is 11.3 Å². The molecular weight excluding hydrogens is 164 g/mol. The predicted octanol–water partition coefficient (Wildman–Crippen LogP) is 1.69. The standard InChI is InChI=1S/C10H13N2O/c1-3-12-9-7(2)5-4-6-8(9)10(11)13/h3-6,12H,1-2H3,(H2,11,13). The number of carbonyl (C=O) groups is 1. The number of primary amides is 1. The average molecular weight is 177 g/mol. The first-order valence-electron chi connectivity index (χ1n) is 4.10. The van der Waals surface area contributed by atoms with Crippen molar-refractivity contribution in [3.05, 3.63) is 35.9 Å². The summed E-state index contributed by atoms with van der Waals surface area (Å²) in [5.41, 5.74) is 7.54. The molecular formula is C10H13N2O. The maximum absolute atomic E-state index is 11.0. The van der Waals surface area contributed by atoms with Crippen molar-refractivity contribution in [2.45, 2.75) is 13.8 Å². The summed E-state index contributed by atoms with van der Waals surface area (Å²) in [5, 5.41) is 3.00. The maximum atomic E-state index is 11.0. The molecule has 1 aromatic carbocycles. The Hall–Kier alpha value is -1.51. The predicted molar refractivity (Wildman–Crippen MR) is 53.3 cm³/mol. The van der Waals surface area contributed by atoms with E-state index in [1.165, 1.54) is 0 Å². The first-order chi connectivity index (χ1) is 6.16. The number of hydrogen-bond acceptors (Lipinski definition) is 2. The number of benzene rings is 1. The molecule has 0 atom stereocenters. The number of rotatable bonds is 3. The van der Waals surface area contributed by atoms with Crippen LogP contribution in [0.25, 0.3) is 0 Å². The summed E-state index contributed by atoms with van der Waals surface area (Å²) in [7, 11) is 0. The number of nitrogens with one attached hydrogen (secondary N) is 1. The van der Waals surface area contributed by atoms with Crippen LogP contribution < -0.4 is 11.1 Å². The van der Waals surface area contributed by atoms with Gasteiger partial charge in [-0.15, -0.1) is 0 Å². The molecule has 0 aliphatic heterocycles. The van der Waals surface area contributed by atoms with E-state index >= 15 is 0 Å². The monoisotopic (exact) mass is 177 g/mol. The summed E-state index contributed by atoms with van der Waals surface area (Å²) in [6.07, 6.45) is 0. The van der Waals surface area contributed by atoms with Gasteiger partial charge in [0.15, 0.2) is 0 Å². The van der Waals surface area contributed by atoms with Crippen molar-refractivity contribution in [3.63, 3.8) is 0 Å². The van der Waals surface area contributed by atoms with Gasteiger partial charge in [-0.3, -0.25) is 4.79 Å². The van der Waals surface area contributed by atoms with Gasteiger partial charge in [-0.05, 0) is 25.5 Å². The molecule has 3 nitrogen and oxygen atoms in total. The lowest BCUT2D eigenvalue weighted by Gasteiger charge is -2.10. The number of aryl methyl sites for hydroxylation is 1. The number of hydrogen-bond donors (Lipinski definition) is 2. The third-order valence-corrected chi connectivity index (χ3v) is 1.83. The van der Waals surface area contributed by atoms with Gasteiger partial charge in [-0.1, -0.05) is 12.1 Å². The third kappa shape index (κ3) is 1.99. The molecule has 1 aromatic rings. The van der Waals surface area contributed by atoms with E-state index in [9.17, 15) is 4.79 Å². The van der Waals surface area contributed by atoms with Gasteiger partial charge in [0, 0.05) is 6.54 Å². The van der Waals surface area contributed by atoms with Crippen LogP contribution in [-0.2, 0) is 0 Å². The van der Waals surface area contributed by atoms with E-state index in [4.69, 9.17) is 5.73 Å². The molecule has 3 heteroatoms. The molecule has 1 radical (unpaired) electrons. The van der Waals surface area contributed by atoms with E-state index in [1.807, 2.05) is 26.0 Å². The minimum Gasteiger partial charge on any atom is -0.380 e. The van der Waals surface area contributed by atoms with Crippen LogP contribution in [-0.4, -0.2) is 5.91 Å². The van der Waals surface area contributed by atoms with Crippen LogP contribution in [0.5, 0.6) is 0 Å². The molecule has 0 bridgehead atoms. The number of nitrogens with two attached hydrogens (primary N) is 1. The Bertz CT molecular complexity index is 321. The summed E-state index contributed by atoms with van der Waals surface area (Å²) in [4.78, 5) is 11.0. The number of carbonyl (C=O) groups excluding carboxylic acids is 1. The molecule has 3 N–H and O–H groups in total. The van der Waals surface area contributed by atoms with E-state index in [1.54, 1.807) is 12.6 Å². The Balaban J connectivity index is 3.17. The van der Waals surface area contributed by atoms with Crippen molar-refractivity contribution in [2.75, 3.05) is 5.32 Å². The zero-order valence-electron chi connectivity index (χ0n) is 7.79. The van der Waals surface area contributed by atoms with Gasteiger partial charge in [-0.2, -0.15) is 0 Å². The molecule has 0 aliphatic carbocycles. The number of para-hydroxylation sites is 1. The average Bonchev–Trinajstić information content (AvgIpc) is 2.08. The SMILES string of the molecule is C[CH]Nc1c(C)cccc1C(N)=O. The van der Waals surface area contributed by atoms with Crippen molar-refractivity contribution in [1.29, 1.82) is 0 Å². The summed E-state index contributed by atoms with van der Waals surface area (Å²) < 4.78 is 0. The van der Waals surface area contributed by atoms with Gasteiger partial charge in [0.25, 0.3) is 5.91 Å². The van der Waals surface area contributed by atoms with Crippen molar-refractivity contribution in [2.24, 2.45) is 5.73 Å². The van der Waals surface area contributed by atoms with Crippen LogP contribution in [0.4, 0.5) is 5.69 Å². The molecule has 0 saturated heterocycles. The molecule has 0 spiro atoms. The third-order valence-electron chi connectivity index (χ3n) is 1.83. The van der Waals surface area contributed by atoms with Crippen LogP contribution in [0, 0.1) is 13.5 Å². The first kappa shape index (κ1) is 9.58. The van der Waals surface area contributed by atoms with Gasteiger partial charge < -0.3 is 11.1 Å². The smallest absolute Gasteiger partial charge is 0.250 e. The molecule has 0 fully saturated rings. The second-order valence-electron chi connectivity index (χ2n) is 2.79. The lowest BCUT2D eigenvalue weighted by atomic mass is 10.1. The summed E-state index contributed by atoms with van der Waals surface area (Å²) in [6.45, 7) is 5.56. The molecule has 0 heterocycles. The second kappa shape index (κ2) is 3.94. The Labute approximate surface area is 77.9 Å². The fourth-order valence-corrected chi connectivity index (χ4v) is 1.21. The van der Waals surface area contributed by atoms with E-state index in [2.05, 4.69) is 5.32 Å². The largest absolute Gasteiger partial charge is 0.380 e. The first-order valence-corrected chi connectivity index (χ1v) is 4.10. The van der Waals surface area contributed by atoms with Gasteiger partial charge in [0.05, 0.1) is 11.3 Å². The Kier molecular flexibility index (Phi) is 2.90. The lowest BCUT2D eigenvalue weighted by Crippen LogP contribution is -2.14. The quantitative estimate of drug-likeness (QED) is 0.738. The van der Waals surface area contributed by atoms with Crippen LogP contribution in [0.2, 0.25) is 0 Å². The number of amides is 1. The normalized spacial score (nSPS) is 9.69. The number of anilines is 1. The highest BCUT2D eigenvalue weighted by Crippen LogP contribution is 2.20. The van der Waals surface area contributed by atoms with Crippen molar-refractivity contribution in [1.82, 2.24) is 0 Å². The van der Waals surface area contributed by atoms with E-state index in [-0.39, 0.29) is 0 Å². The Morgan fingerprint density at radius 2 is 2.23 bits per heavy atom. The van der Waals surface area contributed by atoms with Crippen LogP contribution >= 0.6 is 0 Å². The summed E-state index contributed by atoms with van der Waals surface area (Å²) in [6, 6.07) is 5.45. The fraction of sp³-hybridized carbons (Fsp3) is 0.200. The second-order valence-corrected chi connectivity index (χ2v) is 2.79. The molecule has 0 aromatic heterocycles. The van der Waals surface area contributed by atoms with Gasteiger partial charge in [0.2, 0.25) is 0 Å². The zero-order valence-corrected chi connectivity index (χ0v) is 7.79. The molecule has 13 heavy (non-hydrogen) atoms. The lowest BCUT2D eigenvalue weighted by molar-refractivity contribution is 0.100. The van der Waals surface area contributed by atoms with Crippen LogP contribution in [0.15, 0.2) is 18.2 Å². The van der Waals surface area contributed by atoms with Gasteiger partial charge >= 0.3 is 0 Å². The highest BCUT2D eigenvalue weighted by atomic mass is 16.1.